The van der Waals surface area contributed by atoms with Crippen LogP contribution in [0.15, 0.2) is 30.3 Å². The molecular weight excluding hydrogens is 262 g/mol. The molecular formula is C17H27N3O. The van der Waals surface area contributed by atoms with Gasteiger partial charge in [0.15, 0.2) is 0 Å². The Balaban J connectivity index is 1.89. The van der Waals surface area contributed by atoms with E-state index in [2.05, 4.69) is 30.9 Å². The van der Waals surface area contributed by atoms with Gasteiger partial charge in [0.1, 0.15) is 0 Å². The third-order valence-corrected chi connectivity index (χ3v) is 4.67. The lowest BCUT2D eigenvalue weighted by atomic mass is 10.0. The van der Waals surface area contributed by atoms with Gasteiger partial charge in [0.05, 0.1) is 12.6 Å². The summed E-state index contributed by atoms with van der Waals surface area (Å²) in [5, 5.41) is 0. The van der Waals surface area contributed by atoms with E-state index in [1.807, 2.05) is 30.1 Å². The normalized spacial score (nSPS) is 22.0. The van der Waals surface area contributed by atoms with Crippen LogP contribution in [0.25, 0.3) is 0 Å². The molecule has 1 amide bonds. The Bertz CT molecular complexity index is 460. The fourth-order valence-electron chi connectivity index (χ4n) is 2.91. The Kier molecular flexibility index (Phi) is 5.37. The van der Waals surface area contributed by atoms with Crippen molar-refractivity contribution in [1.82, 2.24) is 9.80 Å². The fourth-order valence-corrected chi connectivity index (χ4v) is 2.91. The second kappa shape index (κ2) is 7.05. The van der Waals surface area contributed by atoms with E-state index < -0.39 is 0 Å². The third kappa shape index (κ3) is 4.05. The molecule has 1 fully saturated rings. The molecule has 1 aliphatic heterocycles. The fraction of sp³-hybridized carbons (Fsp3) is 0.588. The van der Waals surface area contributed by atoms with Crippen molar-refractivity contribution in [3.05, 3.63) is 35.9 Å². The maximum atomic E-state index is 12.4. The summed E-state index contributed by atoms with van der Waals surface area (Å²) in [5.41, 5.74) is 7.12. The van der Waals surface area contributed by atoms with Gasteiger partial charge < -0.3 is 10.6 Å². The number of hydrogen-bond acceptors (Lipinski definition) is 3. The largest absolute Gasteiger partial charge is 0.338 e. The second-order valence-corrected chi connectivity index (χ2v) is 6.23. The minimum atomic E-state index is 0.102. The first-order chi connectivity index (χ1) is 9.99. The van der Waals surface area contributed by atoms with E-state index in [4.69, 9.17) is 5.73 Å². The van der Waals surface area contributed by atoms with Crippen molar-refractivity contribution in [2.45, 2.75) is 32.4 Å². The molecule has 0 spiro atoms. The van der Waals surface area contributed by atoms with Crippen molar-refractivity contribution in [3.8, 4) is 0 Å². The number of hydrogen-bond donors (Lipinski definition) is 1. The van der Waals surface area contributed by atoms with Crippen LogP contribution in [0.4, 0.5) is 0 Å². The first-order valence-corrected chi connectivity index (χ1v) is 7.77. The molecule has 0 aliphatic carbocycles. The Hall–Kier alpha value is -1.39. The molecule has 4 heteroatoms. The highest BCUT2D eigenvalue weighted by Gasteiger charge is 2.28. The molecule has 0 radical (unpaired) electrons. The summed E-state index contributed by atoms with van der Waals surface area (Å²) < 4.78 is 0. The molecule has 116 valence electrons. The molecule has 1 aromatic carbocycles. The van der Waals surface area contributed by atoms with Gasteiger partial charge >= 0.3 is 0 Å². The lowest BCUT2D eigenvalue weighted by Gasteiger charge is -2.27. The molecule has 1 saturated heterocycles. The van der Waals surface area contributed by atoms with E-state index in [9.17, 15) is 4.79 Å². The molecule has 4 nitrogen and oxygen atoms in total. The first kappa shape index (κ1) is 16.0. The van der Waals surface area contributed by atoms with Crippen LogP contribution in [0.1, 0.15) is 31.9 Å². The Labute approximate surface area is 127 Å². The number of rotatable bonds is 5. The van der Waals surface area contributed by atoms with Gasteiger partial charge in [-0.1, -0.05) is 30.3 Å². The number of benzene rings is 1. The van der Waals surface area contributed by atoms with Crippen LogP contribution < -0.4 is 5.73 Å². The molecule has 1 aromatic rings. The van der Waals surface area contributed by atoms with E-state index >= 15 is 0 Å². The average Bonchev–Trinajstić information content (AvgIpc) is 2.95. The number of carbonyl (C=O) groups is 1. The Morgan fingerprint density at radius 3 is 2.62 bits per heavy atom. The number of nitrogens with two attached hydrogens (primary N) is 1. The van der Waals surface area contributed by atoms with Crippen molar-refractivity contribution in [2.75, 3.05) is 26.7 Å². The van der Waals surface area contributed by atoms with Gasteiger partial charge in [-0.3, -0.25) is 9.69 Å². The standard InChI is InChI=1S/C17H27N3O/c1-13(18)16-9-10-20(11-16)12-17(21)19(3)14(2)15-7-5-4-6-8-15/h4-8,13-14,16H,9-12,18H2,1-3H3. The smallest absolute Gasteiger partial charge is 0.236 e. The molecule has 0 aromatic heterocycles. The van der Waals surface area contributed by atoms with Crippen LogP contribution >= 0.6 is 0 Å². The molecule has 1 heterocycles. The Morgan fingerprint density at radius 2 is 2.05 bits per heavy atom. The summed E-state index contributed by atoms with van der Waals surface area (Å²) in [4.78, 5) is 16.5. The van der Waals surface area contributed by atoms with Crippen LogP contribution in [-0.4, -0.2) is 48.4 Å². The maximum Gasteiger partial charge on any atom is 0.236 e. The zero-order valence-corrected chi connectivity index (χ0v) is 13.3. The van der Waals surface area contributed by atoms with Crippen molar-refractivity contribution >= 4 is 5.91 Å². The highest BCUT2D eigenvalue weighted by atomic mass is 16.2. The SMILES string of the molecule is CC(N)C1CCN(CC(=O)N(C)C(C)c2ccccc2)C1. The minimum Gasteiger partial charge on any atom is -0.338 e. The zero-order chi connectivity index (χ0) is 15.4. The minimum absolute atomic E-state index is 0.102. The molecule has 0 saturated carbocycles. The topological polar surface area (TPSA) is 49.6 Å². The molecule has 3 unspecified atom stereocenters. The van der Waals surface area contributed by atoms with Gasteiger partial charge in [0, 0.05) is 19.6 Å². The predicted molar refractivity (Wildman–Crippen MR) is 85.8 cm³/mol. The number of amides is 1. The van der Waals surface area contributed by atoms with Crippen LogP contribution in [0.3, 0.4) is 0 Å². The van der Waals surface area contributed by atoms with Gasteiger partial charge in [-0.2, -0.15) is 0 Å². The van der Waals surface area contributed by atoms with Gasteiger partial charge in [-0.25, -0.2) is 0 Å². The highest BCUT2D eigenvalue weighted by Crippen LogP contribution is 2.21. The summed E-state index contributed by atoms with van der Waals surface area (Å²) in [5.74, 6) is 0.700. The molecule has 2 rings (SSSR count). The third-order valence-electron chi connectivity index (χ3n) is 4.67. The lowest BCUT2D eigenvalue weighted by Crippen LogP contribution is -2.39. The van der Waals surface area contributed by atoms with Crippen molar-refractivity contribution in [2.24, 2.45) is 11.7 Å². The van der Waals surface area contributed by atoms with Gasteiger partial charge in [0.25, 0.3) is 0 Å². The maximum absolute atomic E-state index is 12.4. The second-order valence-electron chi connectivity index (χ2n) is 6.23. The lowest BCUT2D eigenvalue weighted by molar-refractivity contribution is -0.132. The van der Waals surface area contributed by atoms with Crippen LogP contribution in [0.2, 0.25) is 0 Å². The Morgan fingerprint density at radius 1 is 1.38 bits per heavy atom. The quantitative estimate of drug-likeness (QED) is 0.900. The van der Waals surface area contributed by atoms with Gasteiger partial charge in [-0.05, 0) is 38.3 Å². The molecule has 2 N–H and O–H groups in total. The average molecular weight is 289 g/mol. The summed E-state index contributed by atoms with van der Waals surface area (Å²) in [6, 6.07) is 10.5. The van der Waals surface area contributed by atoms with E-state index in [0.717, 1.165) is 19.5 Å². The molecule has 3 atom stereocenters. The number of nitrogens with zero attached hydrogens (tertiary/aromatic N) is 2. The van der Waals surface area contributed by atoms with Crippen molar-refractivity contribution in [1.29, 1.82) is 0 Å². The molecule has 1 aliphatic rings. The zero-order valence-electron chi connectivity index (χ0n) is 13.3. The predicted octanol–water partition coefficient (Wildman–Crippen LogP) is 1.88. The van der Waals surface area contributed by atoms with Crippen molar-refractivity contribution < 1.29 is 4.79 Å². The summed E-state index contributed by atoms with van der Waals surface area (Å²) in [6.45, 7) is 6.54. The number of carbonyl (C=O) groups excluding carboxylic acids is 1. The molecule has 0 bridgehead atoms. The van der Waals surface area contributed by atoms with Crippen LogP contribution in [-0.2, 0) is 4.79 Å². The van der Waals surface area contributed by atoms with Crippen LogP contribution in [0.5, 0.6) is 0 Å². The summed E-state index contributed by atoms with van der Waals surface area (Å²) >= 11 is 0. The van der Waals surface area contributed by atoms with Crippen molar-refractivity contribution in [3.63, 3.8) is 0 Å². The summed E-state index contributed by atoms with van der Waals surface area (Å²) in [6.07, 6.45) is 1.10. The number of likely N-dealkylation sites (N-methyl/N-ethyl adjacent to an activating group) is 1. The molecule has 21 heavy (non-hydrogen) atoms. The summed E-state index contributed by atoms with van der Waals surface area (Å²) in [7, 11) is 1.89. The van der Waals surface area contributed by atoms with Gasteiger partial charge in [0.2, 0.25) is 5.91 Å². The van der Waals surface area contributed by atoms with E-state index in [-0.39, 0.29) is 18.0 Å². The van der Waals surface area contributed by atoms with E-state index in [1.165, 1.54) is 5.56 Å². The van der Waals surface area contributed by atoms with E-state index in [1.54, 1.807) is 0 Å². The van der Waals surface area contributed by atoms with Gasteiger partial charge in [-0.15, -0.1) is 0 Å². The highest BCUT2D eigenvalue weighted by molar-refractivity contribution is 5.78. The number of likely N-dealkylation sites (tertiary alicyclic amines) is 1. The van der Waals surface area contributed by atoms with E-state index in [0.29, 0.717) is 12.5 Å². The first-order valence-electron chi connectivity index (χ1n) is 7.77. The van der Waals surface area contributed by atoms with Crippen LogP contribution in [0, 0.1) is 5.92 Å². The monoisotopic (exact) mass is 289 g/mol.